The zero-order valence-corrected chi connectivity index (χ0v) is 16.4. The molecule has 3 aromatic carbocycles. The Morgan fingerprint density at radius 2 is 1.52 bits per heavy atom. The zero-order chi connectivity index (χ0) is 19.0. The van der Waals surface area contributed by atoms with Crippen LogP contribution in [-0.4, -0.2) is 12.9 Å². The third kappa shape index (κ3) is 3.26. The summed E-state index contributed by atoms with van der Waals surface area (Å²) in [6.45, 7) is 4.15. The highest BCUT2D eigenvalue weighted by Gasteiger charge is 2.21. The fourth-order valence-corrected chi connectivity index (χ4v) is 4.53. The Balaban J connectivity index is 1.92. The van der Waals surface area contributed by atoms with Crippen LogP contribution in [0, 0.1) is 13.8 Å². The summed E-state index contributed by atoms with van der Waals surface area (Å²) in [4.78, 5) is 14.5. The number of carbonyl (C=O) groups excluding carboxylic acids is 1. The molecule has 2 nitrogen and oxygen atoms in total. The minimum Gasteiger partial charge on any atom is -0.497 e. The van der Waals surface area contributed by atoms with Crippen molar-refractivity contribution >= 4 is 27.2 Å². The molecule has 3 heteroatoms. The molecule has 0 aliphatic rings. The van der Waals surface area contributed by atoms with E-state index in [1.54, 1.807) is 18.4 Å². The molecule has 1 heterocycles. The molecule has 0 aliphatic heterocycles. The monoisotopic (exact) mass is 372 g/mol. The molecule has 27 heavy (non-hydrogen) atoms. The number of fused-ring (bicyclic) bond motifs is 1. The lowest BCUT2D eigenvalue weighted by Crippen LogP contribution is -2.02. The largest absolute Gasteiger partial charge is 0.497 e. The van der Waals surface area contributed by atoms with Crippen molar-refractivity contribution in [3.8, 4) is 16.2 Å². The van der Waals surface area contributed by atoms with Crippen LogP contribution in [0.25, 0.3) is 20.5 Å². The summed E-state index contributed by atoms with van der Waals surface area (Å²) >= 11 is 1.68. The number of benzene rings is 3. The van der Waals surface area contributed by atoms with Crippen LogP contribution in [-0.2, 0) is 0 Å². The van der Waals surface area contributed by atoms with E-state index in [0.717, 1.165) is 31.8 Å². The van der Waals surface area contributed by atoms with Crippen molar-refractivity contribution in [3.63, 3.8) is 0 Å². The zero-order valence-electron chi connectivity index (χ0n) is 15.6. The molecule has 1 aromatic heterocycles. The van der Waals surface area contributed by atoms with Crippen molar-refractivity contribution in [2.75, 3.05) is 7.11 Å². The molecule has 0 amide bonds. The maximum atomic E-state index is 13.4. The molecule has 0 N–H and O–H groups in total. The summed E-state index contributed by atoms with van der Waals surface area (Å²) in [6, 6.07) is 22.0. The first-order chi connectivity index (χ1) is 13.1. The minimum absolute atomic E-state index is 0.0448. The van der Waals surface area contributed by atoms with Crippen molar-refractivity contribution in [1.82, 2.24) is 0 Å². The lowest BCUT2D eigenvalue weighted by Gasteiger charge is -2.07. The van der Waals surface area contributed by atoms with E-state index in [1.807, 2.05) is 24.3 Å². The van der Waals surface area contributed by atoms with E-state index in [9.17, 15) is 4.79 Å². The number of methoxy groups -OCH3 is 1. The topological polar surface area (TPSA) is 26.3 Å². The first-order valence-corrected chi connectivity index (χ1v) is 9.67. The standard InChI is InChI=1S/C24H20O2S/c1-15-4-7-18(8-5-15)24-22(20-13-6-16(2)14-21(20)27-24)23(25)17-9-11-19(26-3)12-10-17/h4-14H,1-3H3. The summed E-state index contributed by atoms with van der Waals surface area (Å²) in [5.74, 6) is 0.791. The predicted molar refractivity (Wildman–Crippen MR) is 113 cm³/mol. The van der Waals surface area contributed by atoms with Gasteiger partial charge in [-0.1, -0.05) is 42.0 Å². The summed E-state index contributed by atoms with van der Waals surface area (Å²) in [5.41, 5.74) is 4.94. The van der Waals surface area contributed by atoms with Gasteiger partial charge in [-0.2, -0.15) is 0 Å². The van der Waals surface area contributed by atoms with Gasteiger partial charge >= 0.3 is 0 Å². The Morgan fingerprint density at radius 1 is 0.852 bits per heavy atom. The first-order valence-electron chi connectivity index (χ1n) is 8.86. The molecule has 0 atom stereocenters. The number of hydrogen-bond donors (Lipinski definition) is 0. The van der Waals surface area contributed by atoms with Crippen LogP contribution in [0.4, 0.5) is 0 Å². The van der Waals surface area contributed by atoms with Crippen molar-refractivity contribution < 1.29 is 9.53 Å². The molecule has 0 spiro atoms. The Bertz CT molecular complexity index is 1120. The van der Waals surface area contributed by atoms with Gasteiger partial charge in [0, 0.05) is 26.1 Å². The maximum absolute atomic E-state index is 13.4. The summed E-state index contributed by atoms with van der Waals surface area (Å²) < 4.78 is 6.36. The van der Waals surface area contributed by atoms with Gasteiger partial charge < -0.3 is 4.74 Å². The van der Waals surface area contributed by atoms with E-state index in [2.05, 4.69) is 56.3 Å². The SMILES string of the molecule is COc1ccc(C(=O)c2c(-c3ccc(C)cc3)sc3cc(C)ccc23)cc1. The molecular weight excluding hydrogens is 352 g/mol. The van der Waals surface area contributed by atoms with Crippen molar-refractivity contribution in [2.24, 2.45) is 0 Å². The number of rotatable bonds is 4. The number of aryl methyl sites for hydroxylation is 2. The minimum atomic E-state index is 0.0448. The number of carbonyl (C=O) groups is 1. The highest BCUT2D eigenvalue weighted by Crippen LogP contribution is 2.40. The van der Waals surface area contributed by atoms with E-state index in [4.69, 9.17) is 4.74 Å². The Kier molecular flexibility index (Phi) is 4.54. The molecule has 134 valence electrons. The summed E-state index contributed by atoms with van der Waals surface area (Å²) in [7, 11) is 1.63. The van der Waals surface area contributed by atoms with Crippen molar-refractivity contribution in [1.29, 1.82) is 0 Å². The van der Waals surface area contributed by atoms with Gasteiger partial charge in [0.1, 0.15) is 5.75 Å². The molecular formula is C24H20O2S. The van der Waals surface area contributed by atoms with Gasteiger partial charge in [-0.15, -0.1) is 11.3 Å². The third-order valence-electron chi connectivity index (χ3n) is 4.74. The Labute approximate surface area is 163 Å². The van der Waals surface area contributed by atoms with Crippen LogP contribution in [0.3, 0.4) is 0 Å². The average molecular weight is 372 g/mol. The highest BCUT2D eigenvalue weighted by molar-refractivity contribution is 7.22. The highest BCUT2D eigenvalue weighted by atomic mass is 32.1. The molecule has 0 unspecified atom stereocenters. The molecule has 0 radical (unpaired) electrons. The van der Waals surface area contributed by atoms with E-state index in [1.165, 1.54) is 11.1 Å². The molecule has 0 aliphatic carbocycles. The lowest BCUT2D eigenvalue weighted by molar-refractivity contribution is 0.104. The third-order valence-corrected chi connectivity index (χ3v) is 5.94. The van der Waals surface area contributed by atoms with Gasteiger partial charge in [0.15, 0.2) is 5.78 Å². The van der Waals surface area contributed by atoms with Crippen LogP contribution >= 0.6 is 11.3 Å². The predicted octanol–water partition coefficient (Wildman–Crippen LogP) is 6.42. The normalized spacial score (nSPS) is 10.9. The number of ether oxygens (including phenoxy) is 1. The maximum Gasteiger partial charge on any atom is 0.195 e. The molecule has 4 aromatic rings. The number of ketones is 1. The second-order valence-electron chi connectivity index (χ2n) is 6.73. The van der Waals surface area contributed by atoms with Crippen LogP contribution in [0.5, 0.6) is 5.75 Å². The second kappa shape index (κ2) is 7.01. The van der Waals surface area contributed by atoms with E-state index in [-0.39, 0.29) is 5.78 Å². The van der Waals surface area contributed by atoms with Gasteiger partial charge in [0.25, 0.3) is 0 Å². The van der Waals surface area contributed by atoms with Gasteiger partial charge in [0.05, 0.1) is 7.11 Å². The van der Waals surface area contributed by atoms with Gasteiger partial charge in [-0.05, 0) is 55.3 Å². The number of thiophene rings is 1. The molecule has 0 fully saturated rings. The van der Waals surface area contributed by atoms with E-state index in [0.29, 0.717) is 5.56 Å². The molecule has 0 saturated carbocycles. The lowest BCUT2D eigenvalue weighted by atomic mass is 9.97. The second-order valence-corrected chi connectivity index (χ2v) is 7.78. The van der Waals surface area contributed by atoms with Gasteiger partial charge in [0.2, 0.25) is 0 Å². The van der Waals surface area contributed by atoms with Gasteiger partial charge in [-0.25, -0.2) is 0 Å². The fourth-order valence-electron chi connectivity index (χ4n) is 3.22. The molecule has 0 bridgehead atoms. The van der Waals surface area contributed by atoms with Crippen LogP contribution in [0.15, 0.2) is 66.7 Å². The van der Waals surface area contributed by atoms with Crippen LogP contribution < -0.4 is 4.74 Å². The Morgan fingerprint density at radius 3 is 2.19 bits per heavy atom. The fraction of sp³-hybridized carbons (Fsp3) is 0.125. The van der Waals surface area contributed by atoms with Crippen molar-refractivity contribution in [3.05, 3.63) is 89.0 Å². The summed E-state index contributed by atoms with van der Waals surface area (Å²) in [5, 5.41) is 1.02. The Hall–Kier alpha value is -2.91. The molecule has 4 rings (SSSR count). The number of hydrogen-bond acceptors (Lipinski definition) is 3. The van der Waals surface area contributed by atoms with Gasteiger partial charge in [-0.3, -0.25) is 4.79 Å². The van der Waals surface area contributed by atoms with Crippen molar-refractivity contribution in [2.45, 2.75) is 13.8 Å². The average Bonchev–Trinajstić information content (AvgIpc) is 3.06. The smallest absolute Gasteiger partial charge is 0.195 e. The van der Waals surface area contributed by atoms with E-state index >= 15 is 0 Å². The quantitative estimate of drug-likeness (QED) is 0.386. The van der Waals surface area contributed by atoms with E-state index < -0.39 is 0 Å². The first kappa shape index (κ1) is 17.5. The van der Waals surface area contributed by atoms with Crippen LogP contribution in [0.2, 0.25) is 0 Å². The molecule has 0 saturated heterocycles. The summed E-state index contributed by atoms with van der Waals surface area (Å²) in [6.07, 6.45) is 0. The van der Waals surface area contributed by atoms with Crippen LogP contribution in [0.1, 0.15) is 27.0 Å².